The summed E-state index contributed by atoms with van der Waals surface area (Å²) in [5.74, 6) is 0. The van der Waals surface area contributed by atoms with Crippen molar-refractivity contribution in [2.24, 2.45) is 0 Å². The van der Waals surface area contributed by atoms with E-state index in [0.29, 0.717) is 0 Å². The molecule has 0 bridgehead atoms. The molecular weight excluding hydrogens is 427 g/mol. The standard InChI is InChI=1S/C25H23I/c1-25(2)23-6-4-3-5-21(23)22-12-10-19(15-24(22)25)16-7-8-18-14-20(26)11-9-17(18)13-16/h4,6-8,10,12-15H,3,5,9,11H2,1-2H3. The lowest BCUT2D eigenvalue weighted by Gasteiger charge is -2.24. The van der Waals surface area contributed by atoms with Gasteiger partial charge in [-0.15, -0.1) is 0 Å². The fourth-order valence-electron chi connectivity index (χ4n) is 4.82. The van der Waals surface area contributed by atoms with Crippen molar-refractivity contribution in [2.75, 3.05) is 0 Å². The number of halogens is 1. The SMILES string of the molecule is CC1(C)C2=C(CCC=C2)c2ccc(-c3ccc4c(c3)CCC(I)=C4)cc21. The van der Waals surface area contributed by atoms with Gasteiger partial charge >= 0.3 is 0 Å². The molecule has 0 nitrogen and oxygen atoms in total. The normalized spacial score (nSPS) is 19.7. The predicted octanol–water partition coefficient (Wildman–Crippen LogP) is 7.47. The van der Waals surface area contributed by atoms with Gasteiger partial charge in [-0.25, -0.2) is 0 Å². The molecule has 0 heterocycles. The van der Waals surface area contributed by atoms with Gasteiger partial charge in [0.05, 0.1) is 0 Å². The quantitative estimate of drug-likeness (QED) is 0.396. The molecule has 26 heavy (non-hydrogen) atoms. The summed E-state index contributed by atoms with van der Waals surface area (Å²) in [6.07, 6.45) is 11.7. The van der Waals surface area contributed by atoms with Crippen molar-refractivity contribution < 1.29 is 0 Å². The second kappa shape index (κ2) is 5.95. The minimum Gasteiger partial charge on any atom is -0.0839 e. The lowest BCUT2D eigenvalue weighted by Crippen LogP contribution is -2.16. The minimum absolute atomic E-state index is 0.116. The first-order chi connectivity index (χ1) is 12.5. The van der Waals surface area contributed by atoms with Gasteiger partial charge in [-0.1, -0.05) is 56.3 Å². The van der Waals surface area contributed by atoms with Crippen LogP contribution in [0.1, 0.15) is 55.4 Å². The fourth-order valence-corrected chi connectivity index (χ4v) is 5.42. The lowest BCUT2D eigenvalue weighted by molar-refractivity contribution is 0.651. The van der Waals surface area contributed by atoms with Crippen LogP contribution in [0.2, 0.25) is 0 Å². The first-order valence-corrected chi connectivity index (χ1v) is 10.7. The van der Waals surface area contributed by atoms with E-state index in [-0.39, 0.29) is 5.41 Å². The molecule has 0 fully saturated rings. The molecule has 0 spiro atoms. The van der Waals surface area contributed by atoms with Crippen molar-refractivity contribution in [1.82, 2.24) is 0 Å². The highest BCUT2D eigenvalue weighted by atomic mass is 127. The average Bonchev–Trinajstić information content (AvgIpc) is 2.89. The van der Waals surface area contributed by atoms with Crippen LogP contribution in [0.5, 0.6) is 0 Å². The molecule has 0 amide bonds. The second-order valence-electron chi connectivity index (χ2n) is 8.22. The number of fused-ring (bicyclic) bond motifs is 3. The molecule has 0 N–H and O–H groups in total. The number of hydrogen-bond acceptors (Lipinski definition) is 0. The summed E-state index contributed by atoms with van der Waals surface area (Å²) >= 11 is 2.46. The van der Waals surface area contributed by atoms with Crippen LogP contribution < -0.4 is 0 Å². The fraction of sp³-hybridized carbons (Fsp3) is 0.280. The topological polar surface area (TPSA) is 0 Å². The van der Waals surface area contributed by atoms with Crippen molar-refractivity contribution in [1.29, 1.82) is 0 Å². The molecule has 0 aliphatic heterocycles. The van der Waals surface area contributed by atoms with Crippen LogP contribution in [-0.2, 0) is 11.8 Å². The number of rotatable bonds is 1. The summed E-state index contributed by atoms with van der Waals surface area (Å²) < 4.78 is 1.46. The summed E-state index contributed by atoms with van der Waals surface area (Å²) in [7, 11) is 0. The van der Waals surface area contributed by atoms with Gasteiger partial charge in [0, 0.05) is 5.41 Å². The molecule has 2 aromatic carbocycles. The van der Waals surface area contributed by atoms with Gasteiger partial charge in [-0.3, -0.25) is 0 Å². The van der Waals surface area contributed by atoms with Crippen molar-refractivity contribution in [3.8, 4) is 11.1 Å². The van der Waals surface area contributed by atoms with Gasteiger partial charge in [0.1, 0.15) is 0 Å². The molecule has 3 aliphatic carbocycles. The highest BCUT2D eigenvalue weighted by Gasteiger charge is 2.37. The summed E-state index contributed by atoms with van der Waals surface area (Å²) in [6.45, 7) is 4.76. The lowest BCUT2D eigenvalue weighted by atomic mass is 9.79. The molecule has 0 saturated carbocycles. The molecule has 1 heteroatoms. The number of hydrogen-bond donors (Lipinski definition) is 0. The van der Waals surface area contributed by atoms with Crippen LogP contribution in [0.15, 0.2) is 57.7 Å². The van der Waals surface area contributed by atoms with Gasteiger partial charge in [0.2, 0.25) is 0 Å². The van der Waals surface area contributed by atoms with Crippen molar-refractivity contribution in [2.45, 2.75) is 44.9 Å². The first kappa shape index (κ1) is 16.6. The number of allylic oxidation sites excluding steroid dienone is 5. The highest BCUT2D eigenvalue weighted by molar-refractivity contribution is 14.1. The second-order valence-corrected chi connectivity index (χ2v) is 9.61. The van der Waals surface area contributed by atoms with E-state index < -0.39 is 0 Å². The molecule has 0 unspecified atom stereocenters. The third-order valence-corrected chi connectivity index (χ3v) is 7.13. The van der Waals surface area contributed by atoms with Crippen molar-refractivity contribution >= 4 is 34.2 Å². The largest absolute Gasteiger partial charge is 0.0839 e. The Balaban J connectivity index is 1.60. The Labute approximate surface area is 169 Å². The van der Waals surface area contributed by atoms with Crippen molar-refractivity contribution in [3.05, 3.63) is 80.0 Å². The van der Waals surface area contributed by atoms with Crippen LogP contribution in [-0.4, -0.2) is 0 Å². The van der Waals surface area contributed by atoms with E-state index in [2.05, 4.69) is 91.1 Å². The van der Waals surface area contributed by atoms with Gasteiger partial charge in [0.15, 0.2) is 0 Å². The summed E-state index contributed by atoms with van der Waals surface area (Å²) in [6, 6.07) is 14.1. The summed E-state index contributed by atoms with van der Waals surface area (Å²) in [5, 5.41) is 0. The van der Waals surface area contributed by atoms with Crippen LogP contribution in [0.4, 0.5) is 0 Å². The van der Waals surface area contributed by atoms with E-state index >= 15 is 0 Å². The van der Waals surface area contributed by atoms with E-state index in [0.717, 1.165) is 6.42 Å². The van der Waals surface area contributed by atoms with Gasteiger partial charge < -0.3 is 0 Å². The Morgan fingerprint density at radius 2 is 1.73 bits per heavy atom. The number of aryl methyl sites for hydroxylation is 1. The Bertz CT molecular complexity index is 1010. The first-order valence-electron chi connectivity index (χ1n) is 9.58. The Hall–Kier alpha value is -1.61. The monoisotopic (exact) mass is 450 g/mol. The summed E-state index contributed by atoms with van der Waals surface area (Å²) in [5.41, 5.74) is 11.8. The maximum absolute atomic E-state index is 2.46. The molecule has 0 saturated heterocycles. The van der Waals surface area contributed by atoms with Crippen molar-refractivity contribution in [3.63, 3.8) is 0 Å². The zero-order valence-corrected chi connectivity index (χ0v) is 17.6. The maximum Gasteiger partial charge on any atom is 0.0155 e. The third kappa shape index (κ3) is 2.47. The van der Waals surface area contributed by atoms with Crippen LogP contribution >= 0.6 is 22.6 Å². The molecule has 5 rings (SSSR count). The van der Waals surface area contributed by atoms with Crippen LogP contribution in [0.3, 0.4) is 0 Å². The highest BCUT2D eigenvalue weighted by Crippen LogP contribution is 2.50. The molecule has 0 radical (unpaired) electrons. The molecular formula is C25H23I. The Morgan fingerprint density at radius 3 is 2.62 bits per heavy atom. The summed E-state index contributed by atoms with van der Waals surface area (Å²) in [4.78, 5) is 0. The van der Waals surface area contributed by atoms with E-state index in [1.807, 2.05) is 0 Å². The molecule has 130 valence electrons. The average molecular weight is 450 g/mol. The van der Waals surface area contributed by atoms with Crippen LogP contribution in [0, 0.1) is 0 Å². The Morgan fingerprint density at radius 1 is 0.923 bits per heavy atom. The van der Waals surface area contributed by atoms with Crippen LogP contribution in [0.25, 0.3) is 22.8 Å². The smallest absolute Gasteiger partial charge is 0.0155 e. The molecule has 2 aromatic rings. The Kier molecular flexibility index (Phi) is 3.79. The molecule has 0 atom stereocenters. The predicted molar refractivity (Wildman–Crippen MR) is 121 cm³/mol. The third-order valence-electron chi connectivity index (χ3n) is 6.28. The van der Waals surface area contributed by atoms with Gasteiger partial charge in [-0.05, 0) is 109 Å². The zero-order chi connectivity index (χ0) is 17.9. The van der Waals surface area contributed by atoms with E-state index in [1.165, 1.54) is 61.8 Å². The van der Waals surface area contributed by atoms with Gasteiger partial charge in [0.25, 0.3) is 0 Å². The van der Waals surface area contributed by atoms with Gasteiger partial charge in [-0.2, -0.15) is 0 Å². The van der Waals surface area contributed by atoms with E-state index in [4.69, 9.17) is 0 Å². The van der Waals surface area contributed by atoms with E-state index in [9.17, 15) is 0 Å². The zero-order valence-electron chi connectivity index (χ0n) is 15.4. The minimum atomic E-state index is 0.116. The number of benzene rings is 2. The molecule has 3 aliphatic rings. The molecule has 0 aromatic heterocycles. The maximum atomic E-state index is 2.46. The van der Waals surface area contributed by atoms with E-state index in [1.54, 1.807) is 5.57 Å².